The van der Waals surface area contributed by atoms with Gasteiger partial charge < -0.3 is 10.1 Å². The van der Waals surface area contributed by atoms with Crippen LogP contribution in [0.5, 0.6) is 0 Å². The largest absolute Gasteiger partial charge is 0.454 e. The number of ether oxygens (including phenoxy) is 1. The second-order valence-electron chi connectivity index (χ2n) is 6.07. The van der Waals surface area contributed by atoms with Crippen LogP contribution < -0.4 is 5.32 Å². The lowest BCUT2D eigenvalue weighted by molar-refractivity contribution is -0.148. The molecule has 1 N–H and O–H groups in total. The van der Waals surface area contributed by atoms with E-state index >= 15 is 0 Å². The number of rotatable bonds is 5. The highest BCUT2D eigenvalue weighted by Gasteiger charge is 2.36. The van der Waals surface area contributed by atoms with Crippen LogP contribution in [0.4, 0.5) is 0 Å². The van der Waals surface area contributed by atoms with Crippen LogP contribution in [0.3, 0.4) is 0 Å². The molecule has 2 aliphatic rings. The topological polar surface area (TPSA) is 127 Å². The molecule has 0 spiro atoms. The van der Waals surface area contributed by atoms with E-state index in [1.54, 1.807) is 12.1 Å². The zero-order valence-corrected chi connectivity index (χ0v) is 14.5. The summed E-state index contributed by atoms with van der Waals surface area (Å²) in [6.07, 6.45) is 0.317. The molecule has 26 heavy (non-hydrogen) atoms. The first-order valence-corrected chi connectivity index (χ1v) is 9.69. The first kappa shape index (κ1) is 18.1. The summed E-state index contributed by atoms with van der Waals surface area (Å²) in [5, 5.41) is 2.47. The highest BCUT2D eigenvalue weighted by Crippen LogP contribution is 2.22. The summed E-state index contributed by atoms with van der Waals surface area (Å²) < 4.78 is 27.4. The van der Waals surface area contributed by atoms with Gasteiger partial charge in [-0.1, -0.05) is 12.1 Å². The minimum Gasteiger partial charge on any atom is -0.454 e. The predicted molar refractivity (Wildman–Crippen MR) is 88.0 cm³/mol. The van der Waals surface area contributed by atoms with Crippen molar-refractivity contribution in [2.75, 3.05) is 24.7 Å². The zero-order valence-electron chi connectivity index (χ0n) is 13.6. The van der Waals surface area contributed by atoms with Crippen molar-refractivity contribution in [3.63, 3.8) is 0 Å². The number of imide groups is 1. The second-order valence-corrected chi connectivity index (χ2v) is 8.30. The molecule has 0 radical (unpaired) electrons. The van der Waals surface area contributed by atoms with E-state index in [0.717, 1.165) is 4.90 Å². The van der Waals surface area contributed by atoms with Gasteiger partial charge in [0.1, 0.15) is 6.54 Å². The molecule has 1 unspecified atom stereocenters. The van der Waals surface area contributed by atoms with Gasteiger partial charge in [0.25, 0.3) is 17.7 Å². The maximum atomic E-state index is 12.1. The summed E-state index contributed by atoms with van der Waals surface area (Å²) in [6, 6.07) is 5.70. The summed E-state index contributed by atoms with van der Waals surface area (Å²) in [5.41, 5.74) is 0.427. The average Bonchev–Trinajstić information content (AvgIpc) is 3.05. The summed E-state index contributed by atoms with van der Waals surface area (Å²) >= 11 is 0. The van der Waals surface area contributed by atoms with E-state index in [1.807, 2.05) is 0 Å². The molecular formula is C16H16N2O7S. The van der Waals surface area contributed by atoms with Crippen LogP contribution in [0.25, 0.3) is 0 Å². The fourth-order valence-corrected chi connectivity index (χ4v) is 4.56. The van der Waals surface area contributed by atoms with Crippen molar-refractivity contribution in [3.8, 4) is 0 Å². The highest BCUT2D eigenvalue weighted by molar-refractivity contribution is 7.91. The number of hydrogen-bond acceptors (Lipinski definition) is 7. The molecule has 0 aromatic heterocycles. The number of esters is 1. The van der Waals surface area contributed by atoms with Crippen molar-refractivity contribution in [1.29, 1.82) is 0 Å². The van der Waals surface area contributed by atoms with Crippen LogP contribution in [-0.2, 0) is 24.2 Å². The third kappa shape index (κ3) is 3.74. The minimum absolute atomic E-state index is 0.0114. The maximum Gasteiger partial charge on any atom is 0.326 e. The normalized spacial score (nSPS) is 20.8. The maximum absolute atomic E-state index is 12.1. The van der Waals surface area contributed by atoms with Crippen molar-refractivity contribution >= 4 is 33.5 Å². The molecule has 1 aromatic rings. The highest BCUT2D eigenvalue weighted by atomic mass is 32.2. The SMILES string of the molecule is O=C(COC(=O)CN1C(=O)c2ccccc2C1=O)NC1CCS(=O)(=O)C1. The molecule has 1 atom stereocenters. The fourth-order valence-electron chi connectivity index (χ4n) is 2.88. The van der Waals surface area contributed by atoms with Gasteiger partial charge in [-0.25, -0.2) is 8.42 Å². The van der Waals surface area contributed by atoms with Crippen molar-refractivity contribution in [2.45, 2.75) is 12.5 Å². The fraction of sp³-hybridized carbons (Fsp3) is 0.375. The molecule has 3 rings (SSSR count). The quantitative estimate of drug-likeness (QED) is 0.519. The van der Waals surface area contributed by atoms with Crippen LogP contribution in [0.1, 0.15) is 27.1 Å². The molecule has 0 saturated carbocycles. The third-order valence-corrected chi connectivity index (χ3v) is 5.90. The van der Waals surface area contributed by atoms with E-state index in [9.17, 15) is 27.6 Å². The van der Waals surface area contributed by atoms with Crippen LogP contribution in [0.2, 0.25) is 0 Å². The number of amides is 3. The number of nitrogens with zero attached hydrogens (tertiary/aromatic N) is 1. The number of nitrogens with one attached hydrogen (secondary N) is 1. The van der Waals surface area contributed by atoms with E-state index in [4.69, 9.17) is 4.74 Å². The molecule has 10 heteroatoms. The Morgan fingerprint density at radius 2 is 1.77 bits per heavy atom. The second kappa shape index (κ2) is 6.87. The standard InChI is InChI=1S/C16H16N2O7S/c19-13(17-10-5-6-26(23,24)9-10)8-25-14(20)7-18-15(21)11-3-1-2-4-12(11)16(18)22/h1-4,10H,5-9H2,(H,17,19). The van der Waals surface area contributed by atoms with Gasteiger partial charge in [-0.15, -0.1) is 0 Å². The van der Waals surface area contributed by atoms with Crippen LogP contribution in [0, 0.1) is 0 Å². The number of hydrogen-bond donors (Lipinski definition) is 1. The average molecular weight is 380 g/mol. The van der Waals surface area contributed by atoms with Crippen molar-refractivity contribution in [2.24, 2.45) is 0 Å². The molecule has 1 aromatic carbocycles. The third-order valence-electron chi connectivity index (χ3n) is 4.13. The summed E-state index contributed by atoms with van der Waals surface area (Å²) in [4.78, 5) is 48.6. The predicted octanol–water partition coefficient (Wildman–Crippen LogP) is -0.871. The molecule has 1 fully saturated rings. The molecule has 138 valence electrons. The van der Waals surface area contributed by atoms with Gasteiger partial charge in [-0.2, -0.15) is 0 Å². The van der Waals surface area contributed by atoms with Gasteiger partial charge in [0.05, 0.1) is 22.6 Å². The molecular weight excluding hydrogens is 364 g/mol. The molecule has 1 saturated heterocycles. The van der Waals surface area contributed by atoms with E-state index in [0.29, 0.717) is 6.42 Å². The van der Waals surface area contributed by atoms with Crippen molar-refractivity contribution < 1.29 is 32.3 Å². The van der Waals surface area contributed by atoms with E-state index in [1.165, 1.54) is 12.1 Å². The molecule has 2 heterocycles. The molecule has 0 aliphatic carbocycles. The minimum atomic E-state index is -3.13. The van der Waals surface area contributed by atoms with Gasteiger partial charge in [0.2, 0.25) is 0 Å². The zero-order chi connectivity index (χ0) is 18.9. The van der Waals surface area contributed by atoms with Crippen LogP contribution in [0.15, 0.2) is 24.3 Å². The van der Waals surface area contributed by atoms with Crippen molar-refractivity contribution in [1.82, 2.24) is 10.2 Å². The number of carbonyl (C=O) groups excluding carboxylic acids is 4. The van der Waals surface area contributed by atoms with Gasteiger partial charge in [-0.05, 0) is 18.6 Å². The number of carbonyl (C=O) groups is 4. The lowest BCUT2D eigenvalue weighted by atomic mass is 10.1. The van der Waals surface area contributed by atoms with Crippen LogP contribution >= 0.6 is 0 Å². The number of sulfone groups is 1. The number of benzene rings is 1. The van der Waals surface area contributed by atoms with Gasteiger partial charge >= 0.3 is 5.97 Å². The van der Waals surface area contributed by atoms with E-state index in [2.05, 4.69) is 5.32 Å². The van der Waals surface area contributed by atoms with E-state index in [-0.39, 0.29) is 22.6 Å². The molecule has 0 bridgehead atoms. The Morgan fingerprint density at radius 1 is 1.15 bits per heavy atom. The Labute approximate surface area is 149 Å². The van der Waals surface area contributed by atoms with Gasteiger partial charge in [0, 0.05) is 6.04 Å². The lowest BCUT2D eigenvalue weighted by Crippen LogP contribution is -2.40. The summed E-state index contributed by atoms with van der Waals surface area (Å²) in [7, 11) is -3.13. The van der Waals surface area contributed by atoms with Gasteiger partial charge in [0.15, 0.2) is 16.4 Å². The smallest absolute Gasteiger partial charge is 0.326 e. The Balaban J connectivity index is 1.48. The monoisotopic (exact) mass is 380 g/mol. The van der Waals surface area contributed by atoms with Crippen LogP contribution in [-0.4, -0.2) is 67.7 Å². The van der Waals surface area contributed by atoms with Gasteiger partial charge in [-0.3, -0.25) is 24.1 Å². The Morgan fingerprint density at radius 3 is 2.31 bits per heavy atom. The lowest BCUT2D eigenvalue weighted by Gasteiger charge is -2.14. The summed E-state index contributed by atoms with van der Waals surface area (Å²) in [6.45, 7) is -1.21. The van der Waals surface area contributed by atoms with Crippen molar-refractivity contribution in [3.05, 3.63) is 35.4 Å². The Hall–Kier alpha value is -2.75. The molecule has 2 aliphatic heterocycles. The first-order valence-electron chi connectivity index (χ1n) is 7.87. The molecule has 9 nitrogen and oxygen atoms in total. The molecule has 3 amide bonds. The van der Waals surface area contributed by atoms with E-state index < -0.39 is 52.7 Å². The number of fused-ring (bicyclic) bond motifs is 1. The Kier molecular flexibility index (Phi) is 4.77. The Bertz CT molecular complexity index is 859. The first-order chi connectivity index (χ1) is 12.3. The summed E-state index contributed by atoms with van der Waals surface area (Å²) in [5.74, 6) is -2.86.